The van der Waals surface area contributed by atoms with Crippen molar-refractivity contribution in [3.05, 3.63) is 23.0 Å². The van der Waals surface area contributed by atoms with Crippen LogP contribution in [0.1, 0.15) is 51.9 Å². The Balaban J connectivity index is 1.23. The summed E-state index contributed by atoms with van der Waals surface area (Å²) in [6, 6.07) is 2.62. The van der Waals surface area contributed by atoms with Gasteiger partial charge in [0.05, 0.1) is 23.2 Å². The highest BCUT2D eigenvalue weighted by Crippen LogP contribution is 2.72. The molecule has 0 aliphatic heterocycles. The van der Waals surface area contributed by atoms with Gasteiger partial charge >= 0.3 is 5.97 Å². The predicted octanol–water partition coefficient (Wildman–Crippen LogP) is 5.60. The number of anilines is 1. The quantitative estimate of drug-likeness (QED) is 0.628. The SMILES string of the molecule is CC1C[C@@H]2CC3(COc4cc(F)c(NC5CCCC5C(=O)O)cc4Cl)C[C@H](C1)C23. The zero-order valence-electron chi connectivity index (χ0n) is 16.8. The van der Waals surface area contributed by atoms with Gasteiger partial charge in [0.2, 0.25) is 0 Å². The number of carboxylic acid groups (broad SMARTS) is 1. The van der Waals surface area contributed by atoms with E-state index in [1.54, 1.807) is 0 Å². The van der Waals surface area contributed by atoms with Crippen molar-refractivity contribution < 1.29 is 19.0 Å². The molecule has 0 bridgehead atoms. The van der Waals surface area contributed by atoms with Crippen molar-refractivity contribution in [2.24, 2.45) is 35.0 Å². The topological polar surface area (TPSA) is 58.6 Å². The maximum Gasteiger partial charge on any atom is 0.308 e. The second kappa shape index (κ2) is 7.04. The van der Waals surface area contributed by atoms with E-state index < -0.39 is 17.7 Å². The van der Waals surface area contributed by atoms with Crippen LogP contribution in [-0.2, 0) is 4.79 Å². The highest BCUT2D eigenvalue weighted by molar-refractivity contribution is 6.32. The summed E-state index contributed by atoms with van der Waals surface area (Å²) in [4.78, 5) is 11.4. The number of aliphatic carboxylic acids is 1. The molecule has 0 aromatic heterocycles. The zero-order chi connectivity index (χ0) is 20.3. The number of benzene rings is 1. The minimum Gasteiger partial charge on any atom is -0.491 e. The number of carbonyl (C=O) groups is 1. The van der Waals surface area contributed by atoms with Crippen molar-refractivity contribution in [3.8, 4) is 5.75 Å². The Kier molecular flexibility index (Phi) is 4.73. The molecule has 0 heterocycles. The molecule has 5 unspecified atom stereocenters. The fourth-order valence-corrected chi connectivity index (χ4v) is 7.34. The molecule has 4 aliphatic rings. The summed E-state index contributed by atoms with van der Waals surface area (Å²) in [5.41, 5.74) is 0.539. The van der Waals surface area contributed by atoms with Crippen molar-refractivity contribution in [1.82, 2.24) is 0 Å². The number of rotatable bonds is 6. The van der Waals surface area contributed by atoms with Crippen LogP contribution in [-0.4, -0.2) is 23.7 Å². The Labute approximate surface area is 176 Å². The lowest BCUT2D eigenvalue weighted by Gasteiger charge is -2.70. The van der Waals surface area contributed by atoms with Crippen LogP contribution in [0.3, 0.4) is 0 Å². The van der Waals surface area contributed by atoms with Crippen LogP contribution in [0.15, 0.2) is 12.1 Å². The first-order valence-electron chi connectivity index (χ1n) is 11.0. The van der Waals surface area contributed by atoms with Crippen LogP contribution in [0.4, 0.5) is 10.1 Å². The summed E-state index contributed by atoms with van der Waals surface area (Å²) in [5.74, 6) is 1.98. The molecular weight excluding hydrogens is 393 g/mol. The van der Waals surface area contributed by atoms with Gasteiger partial charge in [0.25, 0.3) is 0 Å². The van der Waals surface area contributed by atoms with E-state index in [-0.39, 0.29) is 17.1 Å². The smallest absolute Gasteiger partial charge is 0.308 e. The predicted molar refractivity (Wildman–Crippen MR) is 110 cm³/mol. The average molecular weight is 422 g/mol. The Hall–Kier alpha value is -1.49. The molecule has 6 heteroatoms. The van der Waals surface area contributed by atoms with Gasteiger partial charge in [-0.05, 0) is 68.3 Å². The van der Waals surface area contributed by atoms with Gasteiger partial charge in [0, 0.05) is 17.5 Å². The second-order valence-corrected chi connectivity index (χ2v) is 10.5. The van der Waals surface area contributed by atoms with Crippen molar-refractivity contribution in [1.29, 1.82) is 0 Å². The monoisotopic (exact) mass is 421 g/mol. The molecule has 4 fully saturated rings. The molecular formula is C23H29ClFNO3. The van der Waals surface area contributed by atoms with Crippen molar-refractivity contribution in [3.63, 3.8) is 0 Å². The molecule has 0 saturated heterocycles. The number of halogens is 2. The normalized spacial score (nSPS) is 39.8. The van der Waals surface area contributed by atoms with Crippen molar-refractivity contribution in [2.45, 2.75) is 57.9 Å². The summed E-state index contributed by atoms with van der Waals surface area (Å²) in [6.07, 6.45) is 7.32. The van der Waals surface area contributed by atoms with Gasteiger partial charge in [0.1, 0.15) is 11.6 Å². The van der Waals surface area contributed by atoms with E-state index in [2.05, 4.69) is 12.2 Å². The summed E-state index contributed by atoms with van der Waals surface area (Å²) < 4.78 is 20.7. The van der Waals surface area contributed by atoms with Crippen LogP contribution >= 0.6 is 11.6 Å². The van der Waals surface area contributed by atoms with Gasteiger partial charge in [-0.1, -0.05) is 24.9 Å². The molecule has 7 atom stereocenters. The fourth-order valence-electron chi connectivity index (χ4n) is 7.12. The third kappa shape index (κ3) is 3.20. The molecule has 1 aromatic rings. The van der Waals surface area contributed by atoms with Crippen LogP contribution in [0.5, 0.6) is 5.75 Å². The van der Waals surface area contributed by atoms with Crippen LogP contribution < -0.4 is 10.1 Å². The van der Waals surface area contributed by atoms with Crippen LogP contribution in [0, 0.1) is 40.8 Å². The van der Waals surface area contributed by atoms with E-state index in [1.807, 2.05) is 0 Å². The van der Waals surface area contributed by atoms with E-state index in [1.165, 1.54) is 37.8 Å². The highest BCUT2D eigenvalue weighted by Gasteiger charge is 2.66. The summed E-state index contributed by atoms with van der Waals surface area (Å²) in [7, 11) is 0. The average Bonchev–Trinajstić information content (AvgIpc) is 3.08. The molecule has 4 nitrogen and oxygen atoms in total. The van der Waals surface area contributed by atoms with Gasteiger partial charge < -0.3 is 15.2 Å². The molecule has 1 aromatic carbocycles. The van der Waals surface area contributed by atoms with E-state index in [4.69, 9.17) is 16.3 Å². The Morgan fingerprint density at radius 1 is 1.31 bits per heavy atom. The minimum atomic E-state index is -0.833. The first-order chi connectivity index (χ1) is 13.9. The molecule has 0 amide bonds. The number of hydrogen-bond acceptors (Lipinski definition) is 3. The van der Waals surface area contributed by atoms with Crippen LogP contribution in [0.2, 0.25) is 5.02 Å². The summed E-state index contributed by atoms with van der Waals surface area (Å²) in [6.45, 7) is 2.99. The Morgan fingerprint density at radius 2 is 2.03 bits per heavy atom. The maximum absolute atomic E-state index is 14.7. The fraction of sp³-hybridized carbons (Fsp3) is 0.696. The third-order valence-electron chi connectivity index (χ3n) is 8.18. The minimum absolute atomic E-state index is 0.257. The lowest BCUT2D eigenvalue weighted by Crippen LogP contribution is -2.66. The molecule has 29 heavy (non-hydrogen) atoms. The van der Waals surface area contributed by atoms with E-state index >= 15 is 0 Å². The van der Waals surface area contributed by atoms with Gasteiger partial charge in [-0.2, -0.15) is 0 Å². The van der Waals surface area contributed by atoms with Crippen LogP contribution in [0.25, 0.3) is 0 Å². The zero-order valence-corrected chi connectivity index (χ0v) is 17.6. The lowest BCUT2D eigenvalue weighted by atomic mass is 9.35. The highest BCUT2D eigenvalue weighted by atomic mass is 35.5. The molecule has 4 aliphatic carbocycles. The van der Waals surface area contributed by atoms with Gasteiger partial charge in [-0.25, -0.2) is 4.39 Å². The second-order valence-electron chi connectivity index (χ2n) is 10.1. The summed E-state index contributed by atoms with van der Waals surface area (Å²) >= 11 is 6.40. The van der Waals surface area contributed by atoms with Gasteiger partial charge in [0.15, 0.2) is 0 Å². The molecule has 5 rings (SSSR count). The van der Waals surface area contributed by atoms with Gasteiger partial charge in [-0.3, -0.25) is 4.79 Å². The number of hydrogen-bond donors (Lipinski definition) is 2. The number of nitrogens with one attached hydrogen (secondary N) is 1. The molecule has 2 N–H and O–H groups in total. The lowest BCUT2D eigenvalue weighted by molar-refractivity contribution is -0.230. The van der Waals surface area contributed by atoms with Gasteiger partial charge in [-0.15, -0.1) is 0 Å². The first kappa shape index (κ1) is 19.5. The third-order valence-corrected chi connectivity index (χ3v) is 8.48. The number of ether oxygens (including phenoxy) is 1. The van der Waals surface area contributed by atoms with E-state index in [0.717, 1.165) is 36.5 Å². The van der Waals surface area contributed by atoms with E-state index in [0.29, 0.717) is 23.8 Å². The molecule has 0 spiro atoms. The van der Waals surface area contributed by atoms with Crippen molar-refractivity contribution in [2.75, 3.05) is 11.9 Å². The Morgan fingerprint density at radius 3 is 2.72 bits per heavy atom. The van der Waals surface area contributed by atoms with Crippen molar-refractivity contribution >= 4 is 23.3 Å². The largest absolute Gasteiger partial charge is 0.491 e. The molecule has 158 valence electrons. The first-order valence-corrected chi connectivity index (χ1v) is 11.4. The standard InChI is InChI=1S/C23H29ClFNO3/c1-12-5-13-9-23(10-14(6-12)21(13)23)11-29-20-8-17(25)19(7-16(20)24)26-18-4-2-3-15(18)22(27)28/h7-8,12-15,18,21,26H,2-6,9-11H2,1H3,(H,27,28)/t12?,13-,14+,15?,18?,21?,23?. The number of carboxylic acids is 1. The van der Waals surface area contributed by atoms with E-state index in [9.17, 15) is 14.3 Å². The summed E-state index contributed by atoms with van der Waals surface area (Å²) in [5, 5.41) is 12.8. The molecule has 0 radical (unpaired) electrons. The molecule has 4 saturated carbocycles. The Bertz CT molecular complexity index is 815. The maximum atomic E-state index is 14.7.